The van der Waals surface area contributed by atoms with Crippen LogP contribution in [0.3, 0.4) is 0 Å². The Balaban J connectivity index is 0.00000190. The predicted octanol–water partition coefficient (Wildman–Crippen LogP) is 7.29. The van der Waals surface area contributed by atoms with Crippen molar-refractivity contribution in [2.75, 3.05) is 23.7 Å². The van der Waals surface area contributed by atoms with E-state index in [0.717, 1.165) is 22.8 Å². The number of rotatable bonds is 10. The first-order valence-electron chi connectivity index (χ1n) is 10.0. The summed E-state index contributed by atoms with van der Waals surface area (Å²) in [6.07, 6.45) is 5.05. The Labute approximate surface area is 178 Å². The van der Waals surface area contributed by atoms with Gasteiger partial charge in [-0.1, -0.05) is 40.0 Å². The third kappa shape index (κ3) is 7.40. The first-order chi connectivity index (χ1) is 13.6. The van der Waals surface area contributed by atoms with Crippen LogP contribution in [0.25, 0.3) is 0 Å². The monoisotopic (exact) mass is 422 g/mol. The lowest BCUT2D eigenvalue weighted by molar-refractivity contribution is 0.0603. The van der Waals surface area contributed by atoms with Gasteiger partial charge in [0.05, 0.1) is 17.7 Å². The van der Waals surface area contributed by atoms with E-state index in [1.54, 1.807) is 0 Å². The van der Waals surface area contributed by atoms with E-state index >= 15 is 0 Å². The van der Waals surface area contributed by atoms with Gasteiger partial charge in [0.1, 0.15) is 4.88 Å². The van der Waals surface area contributed by atoms with E-state index in [9.17, 15) is 4.79 Å². The fraction of sp³-hybridized carbons (Fsp3) is 0.500. The molecule has 6 heteroatoms. The number of benzene rings is 1. The highest BCUT2D eigenvalue weighted by Gasteiger charge is 2.15. The van der Waals surface area contributed by atoms with E-state index < -0.39 is 0 Å². The van der Waals surface area contributed by atoms with Crippen LogP contribution in [0.1, 0.15) is 67.3 Å². The van der Waals surface area contributed by atoms with E-state index in [4.69, 9.17) is 4.74 Å². The van der Waals surface area contributed by atoms with Crippen molar-refractivity contribution in [1.29, 1.82) is 0 Å². The molecule has 0 radical (unpaired) electrons. The maximum absolute atomic E-state index is 11.8. The number of anilines is 2. The maximum Gasteiger partial charge on any atom is 0.349 e. The van der Waals surface area contributed by atoms with Gasteiger partial charge >= 0.3 is 5.97 Å². The Hall–Kier alpha value is -1.66. The zero-order valence-corrected chi connectivity index (χ0v) is 19.6. The van der Waals surface area contributed by atoms with Gasteiger partial charge in [-0.3, -0.25) is 0 Å². The number of aryl methyl sites for hydroxylation is 2. The van der Waals surface area contributed by atoms with E-state index in [1.807, 2.05) is 25.3 Å². The molecule has 1 aromatic carbocycles. The number of carbonyl (C=O) groups excluding carboxylic acids is 1. The number of ether oxygens (including phenoxy) is 1. The molecule has 0 spiro atoms. The highest BCUT2D eigenvalue weighted by Crippen LogP contribution is 2.33. The van der Waals surface area contributed by atoms with Crippen LogP contribution in [0.5, 0.6) is 0 Å². The molecule has 2 rings (SSSR count). The Bertz CT molecular complexity index is 706. The fourth-order valence-corrected chi connectivity index (χ4v) is 4.64. The van der Waals surface area contributed by atoms with Crippen LogP contribution in [-0.4, -0.2) is 19.6 Å². The van der Waals surface area contributed by atoms with Gasteiger partial charge in [0, 0.05) is 12.2 Å². The van der Waals surface area contributed by atoms with Gasteiger partial charge in [-0.2, -0.15) is 0 Å². The van der Waals surface area contributed by atoms with Crippen molar-refractivity contribution in [3.05, 3.63) is 39.6 Å². The minimum atomic E-state index is -0.291. The molecular weight excluding hydrogens is 388 g/mol. The van der Waals surface area contributed by atoms with Crippen molar-refractivity contribution in [3.63, 3.8) is 0 Å². The second kappa shape index (κ2) is 13.5. The SMILES string of the molecule is CC.CCCCCCNc1cc(C)c(NSc2ccsc2C(=O)OC)c(C)c1. The number of nitrogens with one attached hydrogen (secondary N) is 2. The molecule has 1 heterocycles. The number of hydrogen-bond donors (Lipinski definition) is 2. The topological polar surface area (TPSA) is 50.4 Å². The van der Waals surface area contributed by atoms with Crippen LogP contribution in [0, 0.1) is 13.8 Å². The van der Waals surface area contributed by atoms with E-state index in [0.29, 0.717) is 4.88 Å². The number of esters is 1. The summed E-state index contributed by atoms with van der Waals surface area (Å²) in [5.74, 6) is -0.291. The fourth-order valence-electron chi connectivity index (χ4n) is 2.74. The van der Waals surface area contributed by atoms with Gasteiger partial charge in [-0.25, -0.2) is 4.79 Å². The molecule has 2 N–H and O–H groups in total. The number of hydrogen-bond acceptors (Lipinski definition) is 6. The van der Waals surface area contributed by atoms with E-state index in [2.05, 4.69) is 42.9 Å². The Morgan fingerprint density at radius 3 is 2.43 bits per heavy atom. The first kappa shape index (κ1) is 24.4. The van der Waals surface area contributed by atoms with Gasteiger partial charge in [-0.15, -0.1) is 11.3 Å². The zero-order chi connectivity index (χ0) is 20.9. The minimum absolute atomic E-state index is 0.291. The average Bonchev–Trinajstić information content (AvgIpc) is 3.16. The first-order valence-corrected chi connectivity index (χ1v) is 11.7. The molecule has 2 aromatic rings. The highest BCUT2D eigenvalue weighted by atomic mass is 32.2. The van der Waals surface area contributed by atoms with Crippen molar-refractivity contribution in [2.45, 2.75) is 65.2 Å². The molecule has 0 atom stereocenters. The van der Waals surface area contributed by atoms with Gasteiger partial charge in [0.25, 0.3) is 0 Å². The number of carbonyl (C=O) groups is 1. The van der Waals surface area contributed by atoms with Gasteiger partial charge in [0.15, 0.2) is 0 Å². The Morgan fingerprint density at radius 2 is 1.82 bits per heavy atom. The largest absolute Gasteiger partial charge is 0.465 e. The molecule has 0 unspecified atom stereocenters. The predicted molar refractivity (Wildman–Crippen MR) is 125 cm³/mol. The summed E-state index contributed by atoms with van der Waals surface area (Å²) in [7, 11) is 1.41. The summed E-state index contributed by atoms with van der Waals surface area (Å²) in [5.41, 5.74) is 4.62. The lowest BCUT2D eigenvalue weighted by atomic mass is 10.1. The van der Waals surface area contributed by atoms with Crippen LogP contribution in [0.2, 0.25) is 0 Å². The molecule has 0 aliphatic heterocycles. The molecule has 0 aliphatic carbocycles. The van der Waals surface area contributed by atoms with E-state index in [-0.39, 0.29) is 5.97 Å². The molecule has 0 aliphatic rings. The third-order valence-corrected chi connectivity index (χ3v) is 6.05. The summed E-state index contributed by atoms with van der Waals surface area (Å²) >= 11 is 2.85. The molecule has 28 heavy (non-hydrogen) atoms. The highest BCUT2D eigenvalue weighted by molar-refractivity contribution is 8.00. The third-order valence-electron chi connectivity index (χ3n) is 4.16. The van der Waals surface area contributed by atoms with Crippen LogP contribution in [0.15, 0.2) is 28.5 Å². The lowest BCUT2D eigenvalue weighted by Crippen LogP contribution is -2.04. The van der Waals surface area contributed by atoms with Crippen molar-refractivity contribution >= 4 is 40.6 Å². The summed E-state index contributed by atoms with van der Waals surface area (Å²) in [4.78, 5) is 13.3. The maximum atomic E-state index is 11.8. The summed E-state index contributed by atoms with van der Waals surface area (Å²) in [6, 6.07) is 6.28. The molecule has 0 bridgehead atoms. The lowest BCUT2D eigenvalue weighted by Gasteiger charge is -2.15. The summed E-state index contributed by atoms with van der Waals surface area (Å²) in [6.45, 7) is 11.5. The number of methoxy groups -OCH3 is 1. The average molecular weight is 423 g/mol. The van der Waals surface area contributed by atoms with Gasteiger partial charge in [-0.05, 0) is 66.9 Å². The van der Waals surface area contributed by atoms with Gasteiger partial charge < -0.3 is 14.8 Å². The molecule has 0 saturated carbocycles. The molecule has 1 aromatic heterocycles. The molecule has 4 nitrogen and oxygen atoms in total. The van der Waals surface area contributed by atoms with Crippen LogP contribution >= 0.6 is 23.3 Å². The minimum Gasteiger partial charge on any atom is -0.465 e. The number of thiophene rings is 1. The second-order valence-electron chi connectivity index (χ2n) is 6.28. The molecule has 0 fully saturated rings. The van der Waals surface area contributed by atoms with Crippen LogP contribution in [-0.2, 0) is 4.74 Å². The molecule has 156 valence electrons. The van der Waals surface area contributed by atoms with Crippen molar-refractivity contribution in [2.24, 2.45) is 0 Å². The smallest absolute Gasteiger partial charge is 0.349 e. The quantitative estimate of drug-likeness (QED) is 0.239. The molecular formula is C22H34N2O2S2. The standard InChI is InChI=1S/C20H28N2O2S2.C2H6/c1-5-6-7-8-10-21-16-12-14(2)18(15(3)13-16)22-26-17-9-11-25-19(17)20(23)24-4;1-2/h9,11-13,21-22H,5-8,10H2,1-4H3;1-2H3. The van der Waals surface area contributed by atoms with Crippen molar-refractivity contribution < 1.29 is 9.53 Å². The van der Waals surface area contributed by atoms with Crippen molar-refractivity contribution in [3.8, 4) is 0 Å². The normalized spacial score (nSPS) is 10.1. The second-order valence-corrected chi connectivity index (χ2v) is 8.05. The van der Waals surface area contributed by atoms with Crippen molar-refractivity contribution in [1.82, 2.24) is 0 Å². The molecule has 0 amide bonds. The summed E-state index contributed by atoms with van der Waals surface area (Å²) in [5, 5.41) is 5.42. The Kier molecular flexibility index (Phi) is 11.8. The Morgan fingerprint density at radius 1 is 1.14 bits per heavy atom. The van der Waals surface area contributed by atoms with Gasteiger partial charge in [0.2, 0.25) is 0 Å². The zero-order valence-electron chi connectivity index (χ0n) is 18.0. The van der Waals surface area contributed by atoms with Crippen LogP contribution in [0.4, 0.5) is 11.4 Å². The summed E-state index contributed by atoms with van der Waals surface area (Å²) < 4.78 is 8.24. The van der Waals surface area contributed by atoms with E-state index in [1.165, 1.54) is 67.2 Å². The number of unbranched alkanes of at least 4 members (excludes halogenated alkanes) is 3. The molecule has 0 saturated heterocycles. The van der Waals surface area contributed by atoms with Crippen LogP contribution < -0.4 is 10.0 Å².